The molecule has 1 aromatic carbocycles. The van der Waals surface area contributed by atoms with E-state index in [1.807, 2.05) is 13.8 Å². The van der Waals surface area contributed by atoms with E-state index in [9.17, 15) is 18.0 Å². The predicted octanol–water partition coefficient (Wildman–Crippen LogP) is 0.479. The summed E-state index contributed by atoms with van der Waals surface area (Å²) in [7, 11) is -3.73. The Bertz CT molecular complexity index is 770. The molecular weight excluding hydrogens is 368 g/mol. The highest BCUT2D eigenvalue weighted by molar-refractivity contribution is 7.89. The van der Waals surface area contributed by atoms with Crippen LogP contribution in [0.1, 0.15) is 40.2 Å². The third-order valence-corrected chi connectivity index (χ3v) is 5.48. The molecule has 0 heterocycles. The van der Waals surface area contributed by atoms with E-state index in [-0.39, 0.29) is 23.9 Å². The lowest BCUT2D eigenvalue weighted by Crippen LogP contribution is -2.47. The number of carbonyl (C=O) groups is 2. The first-order valence-corrected chi connectivity index (χ1v) is 10.2. The molecule has 2 amide bonds. The van der Waals surface area contributed by atoms with Crippen molar-refractivity contribution in [2.24, 2.45) is 11.7 Å². The SMILES string of the molecule is CC(C)[C@H](N)C(=O)NCC(=O)NCc1ccccc1S(=O)(=O)NC(C)(C)C. The highest BCUT2D eigenvalue weighted by atomic mass is 32.2. The van der Waals surface area contributed by atoms with E-state index < -0.39 is 33.4 Å². The van der Waals surface area contributed by atoms with Gasteiger partial charge in [0.1, 0.15) is 0 Å². The molecule has 1 rings (SSSR count). The first-order valence-electron chi connectivity index (χ1n) is 8.75. The number of nitrogens with two attached hydrogens (primary N) is 1. The van der Waals surface area contributed by atoms with Gasteiger partial charge in [-0.1, -0.05) is 32.0 Å². The standard InChI is InChI=1S/C18H30N4O4S/c1-12(2)16(19)17(24)21-11-15(23)20-10-13-8-6-7-9-14(13)27(25,26)22-18(3,4)5/h6-9,12,16,22H,10-11,19H2,1-5H3,(H,20,23)(H,21,24)/t16-/m0/s1. The van der Waals surface area contributed by atoms with Crippen molar-refractivity contribution in [3.63, 3.8) is 0 Å². The zero-order chi connectivity index (χ0) is 20.8. The number of sulfonamides is 1. The summed E-state index contributed by atoms with van der Waals surface area (Å²) in [5.74, 6) is -0.881. The third kappa shape index (κ3) is 7.66. The fourth-order valence-corrected chi connectivity index (χ4v) is 3.87. The molecule has 0 aliphatic rings. The van der Waals surface area contributed by atoms with Gasteiger partial charge in [0, 0.05) is 12.1 Å². The lowest BCUT2D eigenvalue weighted by Gasteiger charge is -2.21. The highest BCUT2D eigenvalue weighted by Crippen LogP contribution is 2.17. The quantitative estimate of drug-likeness (QED) is 0.506. The Labute approximate surface area is 161 Å². The van der Waals surface area contributed by atoms with Gasteiger partial charge in [-0.3, -0.25) is 9.59 Å². The summed E-state index contributed by atoms with van der Waals surface area (Å²) in [5.41, 5.74) is 5.53. The first kappa shape index (κ1) is 23.1. The van der Waals surface area contributed by atoms with Crippen LogP contribution in [0, 0.1) is 5.92 Å². The number of hydrogen-bond acceptors (Lipinski definition) is 5. The molecule has 1 aromatic rings. The van der Waals surface area contributed by atoms with Crippen molar-refractivity contribution in [2.75, 3.05) is 6.54 Å². The van der Waals surface area contributed by atoms with Gasteiger partial charge in [0.05, 0.1) is 17.5 Å². The molecule has 0 fully saturated rings. The molecule has 27 heavy (non-hydrogen) atoms. The summed E-state index contributed by atoms with van der Waals surface area (Å²) in [6, 6.07) is 5.74. The Kier molecular flexibility index (Phi) is 7.94. The number of benzene rings is 1. The molecule has 0 bridgehead atoms. The molecule has 152 valence electrons. The van der Waals surface area contributed by atoms with Gasteiger partial charge in [-0.15, -0.1) is 0 Å². The van der Waals surface area contributed by atoms with Crippen molar-refractivity contribution >= 4 is 21.8 Å². The van der Waals surface area contributed by atoms with E-state index >= 15 is 0 Å². The lowest BCUT2D eigenvalue weighted by atomic mass is 10.1. The molecule has 0 radical (unpaired) electrons. The van der Waals surface area contributed by atoms with E-state index in [1.165, 1.54) is 6.07 Å². The minimum atomic E-state index is -3.73. The van der Waals surface area contributed by atoms with Gasteiger partial charge in [-0.05, 0) is 38.3 Å². The van der Waals surface area contributed by atoms with Crippen LogP contribution in [-0.2, 0) is 26.2 Å². The second-order valence-corrected chi connectivity index (χ2v) is 9.38. The van der Waals surface area contributed by atoms with Gasteiger partial charge in [0.15, 0.2) is 0 Å². The molecule has 1 atom stereocenters. The fraction of sp³-hybridized carbons (Fsp3) is 0.556. The fourth-order valence-electron chi connectivity index (χ4n) is 2.21. The van der Waals surface area contributed by atoms with Gasteiger partial charge in [-0.2, -0.15) is 0 Å². The maximum Gasteiger partial charge on any atom is 0.241 e. The lowest BCUT2D eigenvalue weighted by molar-refractivity contribution is -0.127. The van der Waals surface area contributed by atoms with Crippen LogP contribution in [0.15, 0.2) is 29.2 Å². The second kappa shape index (κ2) is 9.29. The predicted molar refractivity (Wildman–Crippen MR) is 104 cm³/mol. The molecule has 0 aromatic heterocycles. The monoisotopic (exact) mass is 398 g/mol. The van der Waals surface area contributed by atoms with Crippen molar-refractivity contribution in [3.8, 4) is 0 Å². The Morgan fingerprint density at radius 2 is 1.70 bits per heavy atom. The van der Waals surface area contributed by atoms with E-state index in [0.717, 1.165) is 0 Å². The zero-order valence-corrected chi connectivity index (χ0v) is 17.3. The minimum Gasteiger partial charge on any atom is -0.350 e. The molecule has 0 unspecified atom stereocenters. The zero-order valence-electron chi connectivity index (χ0n) is 16.5. The van der Waals surface area contributed by atoms with Crippen LogP contribution in [0.2, 0.25) is 0 Å². The second-order valence-electron chi connectivity index (χ2n) is 7.73. The van der Waals surface area contributed by atoms with Crippen LogP contribution >= 0.6 is 0 Å². The van der Waals surface area contributed by atoms with Gasteiger partial charge < -0.3 is 16.4 Å². The number of nitrogens with one attached hydrogen (secondary N) is 3. The molecule has 0 spiro atoms. The van der Waals surface area contributed by atoms with E-state index in [1.54, 1.807) is 39.0 Å². The van der Waals surface area contributed by atoms with E-state index in [0.29, 0.717) is 5.56 Å². The van der Waals surface area contributed by atoms with Crippen molar-refractivity contribution in [1.82, 2.24) is 15.4 Å². The number of rotatable bonds is 8. The van der Waals surface area contributed by atoms with E-state index in [2.05, 4.69) is 15.4 Å². The molecule has 5 N–H and O–H groups in total. The Morgan fingerprint density at radius 1 is 1.11 bits per heavy atom. The van der Waals surface area contributed by atoms with Crippen molar-refractivity contribution in [1.29, 1.82) is 0 Å². The summed E-state index contributed by atoms with van der Waals surface area (Å²) in [4.78, 5) is 23.9. The van der Waals surface area contributed by atoms with Crippen LogP contribution in [-0.4, -0.2) is 38.4 Å². The average Bonchev–Trinajstić information content (AvgIpc) is 2.55. The Morgan fingerprint density at radius 3 is 2.26 bits per heavy atom. The van der Waals surface area contributed by atoms with Crippen LogP contribution in [0.4, 0.5) is 0 Å². The van der Waals surface area contributed by atoms with Crippen LogP contribution in [0.3, 0.4) is 0 Å². The van der Waals surface area contributed by atoms with Gasteiger partial charge >= 0.3 is 0 Å². The maximum atomic E-state index is 12.6. The van der Waals surface area contributed by atoms with Gasteiger partial charge in [0.25, 0.3) is 0 Å². The topological polar surface area (TPSA) is 130 Å². The maximum absolute atomic E-state index is 12.6. The van der Waals surface area contributed by atoms with Crippen LogP contribution in [0.5, 0.6) is 0 Å². The third-order valence-electron chi connectivity index (χ3n) is 3.62. The first-order chi connectivity index (χ1) is 12.3. The molecule has 0 saturated heterocycles. The Balaban J connectivity index is 2.73. The van der Waals surface area contributed by atoms with Gasteiger partial charge in [0.2, 0.25) is 21.8 Å². The van der Waals surface area contributed by atoms with Gasteiger partial charge in [-0.25, -0.2) is 13.1 Å². The van der Waals surface area contributed by atoms with Crippen molar-refractivity contribution in [3.05, 3.63) is 29.8 Å². The molecular formula is C18H30N4O4S. The largest absolute Gasteiger partial charge is 0.350 e. The normalized spacial score (nSPS) is 13.3. The molecule has 0 aliphatic heterocycles. The molecule has 0 aliphatic carbocycles. The Hall–Kier alpha value is -1.97. The summed E-state index contributed by atoms with van der Waals surface area (Å²) in [6.45, 7) is 8.67. The molecule has 8 nitrogen and oxygen atoms in total. The molecule has 0 saturated carbocycles. The van der Waals surface area contributed by atoms with Crippen molar-refractivity contribution < 1.29 is 18.0 Å². The van der Waals surface area contributed by atoms with Crippen molar-refractivity contribution in [2.45, 2.75) is 57.6 Å². The summed E-state index contributed by atoms with van der Waals surface area (Å²) in [6.07, 6.45) is 0. The number of amides is 2. The van der Waals surface area contributed by atoms with E-state index in [4.69, 9.17) is 5.73 Å². The van der Waals surface area contributed by atoms with Crippen LogP contribution in [0.25, 0.3) is 0 Å². The number of hydrogen-bond donors (Lipinski definition) is 4. The average molecular weight is 399 g/mol. The van der Waals surface area contributed by atoms with Crippen LogP contribution < -0.4 is 21.1 Å². The highest BCUT2D eigenvalue weighted by Gasteiger charge is 2.24. The summed E-state index contributed by atoms with van der Waals surface area (Å²) < 4.78 is 27.7. The minimum absolute atomic E-state index is 0.0200. The smallest absolute Gasteiger partial charge is 0.241 e. The summed E-state index contributed by atoms with van der Waals surface area (Å²) in [5, 5.41) is 5.08. The summed E-state index contributed by atoms with van der Waals surface area (Å²) >= 11 is 0. The molecule has 9 heteroatoms. The number of carbonyl (C=O) groups excluding carboxylic acids is 2.